The number of carbonyl (C=O) groups excluding carboxylic acids is 1. The van der Waals surface area contributed by atoms with Gasteiger partial charge in [0.1, 0.15) is 0 Å². The van der Waals surface area contributed by atoms with Crippen LogP contribution >= 0.6 is 12.4 Å². The average molecular weight is 636 g/mol. The first-order valence-electron chi connectivity index (χ1n) is 15.8. The molecule has 0 bridgehead atoms. The van der Waals surface area contributed by atoms with Crippen molar-refractivity contribution in [3.8, 4) is 11.5 Å². The molecular weight excluding hydrogens is 578 g/mol. The van der Waals surface area contributed by atoms with Crippen LogP contribution in [0.25, 0.3) is 0 Å². The Bertz CT molecular complexity index is 1080. The monoisotopic (exact) mass is 635 g/mol. The minimum atomic E-state index is -0.778. The molecule has 0 radical (unpaired) electrons. The summed E-state index contributed by atoms with van der Waals surface area (Å²) in [4.78, 5) is 17.4. The van der Waals surface area contributed by atoms with Gasteiger partial charge >= 0.3 is 0 Å². The van der Waals surface area contributed by atoms with E-state index in [-0.39, 0.29) is 41.5 Å². The Balaban J connectivity index is 0.00000968. The average Bonchev–Trinajstić information content (AvgIpc) is 2.96. The summed E-state index contributed by atoms with van der Waals surface area (Å²) in [6.07, 6.45) is 6.23. The van der Waals surface area contributed by atoms with E-state index >= 15 is 0 Å². The Hall–Kier alpha value is -2.39. The molecule has 0 unspecified atom stereocenters. The number of pyridine rings is 1. The van der Waals surface area contributed by atoms with Crippen LogP contribution in [-0.4, -0.2) is 62.1 Å². The Morgan fingerprint density at radius 1 is 0.977 bits per heavy atom. The summed E-state index contributed by atoms with van der Waals surface area (Å²) in [5, 5.41) is 14.4. The number of nitrogens with two attached hydrogens (primary N) is 1. The number of hydrogen-bond acceptors (Lipinski definition) is 7. The molecule has 4 atom stereocenters. The van der Waals surface area contributed by atoms with E-state index in [0.717, 1.165) is 30.6 Å². The van der Waals surface area contributed by atoms with E-state index in [9.17, 15) is 9.90 Å². The van der Waals surface area contributed by atoms with Gasteiger partial charge in [-0.1, -0.05) is 47.6 Å². The van der Waals surface area contributed by atoms with E-state index < -0.39 is 12.1 Å². The van der Waals surface area contributed by atoms with Crippen molar-refractivity contribution >= 4 is 18.3 Å². The second kappa shape index (κ2) is 19.9. The van der Waals surface area contributed by atoms with Crippen molar-refractivity contribution in [1.29, 1.82) is 0 Å². The molecule has 0 spiro atoms. The number of methoxy groups -OCH3 is 2. The number of nitrogens with zero attached hydrogens (tertiary/aromatic N) is 1. The number of carbonyl (C=O) groups is 1. The van der Waals surface area contributed by atoms with Crippen LogP contribution in [0.15, 0.2) is 42.7 Å². The fraction of sp³-hybridized carbons (Fsp3) is 0.657. The first-order valence-corrected chi connectivity index (χ1v) is 15.8. The Labute approximate surface area is 272 Å². The maximum atomic E-state index is 13.3. The topological polar surface area (TPSA) is 116 Å². The molecule has 2 aromatic rings. The summed E-state index contributed by atoms with van der Waals surface area (Å²) in [6.45, 7) is 14.5. The summed E-state index contributed by atoms with van der Waals surface area (Å²) in [5.41, 5.74) is 8.82. The summed E-state index contributed by atoms with van der Waals surface area (Å²) < 4.78 is 16.6. The van der Waals surface area contributed by atoms with Gasteiger partial charge < -0.3 is 30.4 Å². The molecule has 4 N–H and O–H groups in total. The van der Waals surface area contributed by atoms with Crippen LogP contribution in [0.1, 0.15) is 71.9 Å². The second-order valence-electron chi connectivity index (χ2n) is 13.4. The van der Waals surface area contributed by atoms with Crippen molar-refractivity contribution in [2.24, 2.45) is 34.8 Å². The number of aliphatic hydroxyl groups excluding tert-OH is 1. The number of benzene rings is 1. The van der Waals surface area contributed by atoms with E-state index in [1.54, 1.807) is 26.6 Å². The number of nitrogens with one attached hydrogen (secondary N) is 1. The maximum Gasteiger partial charge on any atom is 0.223 e. The third-order valence-electron chi connectivity index (χ3n) is 8.30. The summed E-state index contributed by atoms with van der Waals surface area (Å²) >= 11 is 0. The molecule has 1 amide bonds. The number of aliphatic hydroxyl groups is 1. The van der Waals surface area contributed by atoms with Crippen LogP contribution in [0, 0.1) is 29.1 Å². The van der Waals surface area contributed by atoms with Crippen molar-refractivity contribution in [1.82, 2.24) is 10.3 Å². The summed E-state index contributed by atoms with van der Waals surface area (Å²) in [7, 11) is 3.32. The van der Waals surface area contributed by atoms with Gasteiger partial charge in [-0.25, -0.2) is 0 Å². The smallest absolute Gasteiger partial charge is 0.223 e. The minimum absolute atomic E-state index is 0. The van der Waals surface area contributed by atoms with Gasteiger partial charge in [-0.2, -0.15) is 0 Å². The molecule has 0 saturated carbocycles. The lowest BCUT2D eigenvalue weighted by Crippen LogP contribution is -2.44. The van der Waals surface area contributed by atoms with E-state index in [0.29, 0.717) is 44.3 Å². The zero-order valence-electron chi connectivity index (χ0n) is 28.2. The van der Waals surface area contributed by atoms with Crippen molar-refractivity contribution in [3.05, 3.63) is 53.9 Å². The van der Waals surface area contributed by atoms with Crippen molar-refractivity contribution < 1.29 is 24.1 Å². The highest BCUT2D eigenvalue weighted by Gasteiger charge is 2.31. The number of rotatable bonds is 20. The lowest BCUT2D eigenvalue weighted by atomic mass is 9.80. The molecule has 0 saturated heterocycles. The van der Waals surface area contributed by atoms with Crippen LogP contribution in [0.3, 0.4) is 0 Å². The highest BCUT2D eigenvalue weighted by molar-refractivity contribution is 5.85. The van der Waals surface area contributed by atoms with E-state index in [1.165, 1.54) is 5.56 Å². The number of amides is 1. The van der Waals surface area contributed by atoms with Crippen LogP contribution < -0.4 is 20.5 Å². The first-order chi connectivity index (χ1) is 20.4. The molecular formula is C35H58ClN3O5. The third-order valence-corrected chi connectivity index (χ3v) is 8.30. The molecule has 250 valence electrons. The van der Waals surface area contributed by atoms with Gasteiger partial charge in [0.25, 0.3) is 0 Å². The summed E-state index contributed by atoms with van der Waals surface area (Å²) in [5.74, 6) is 1.76. The van der Waals surface area contributed by atoms with Gasteiger partial charge in [0.2, 0.25) is 5.91 Å². The van der Waals surface area contributed by atoms with Gasteiger partial charge in [-0.05, 0) is 84.2 Å². The fourth-order valence-electron chi connectivity index (χ4n) is 5.44. The molecule has 9 heteroatoms. The number of aromatic nitrogens is 1. The largest absolute Gasteiger partial charge is 0.493 e. The highest BCUT2D eigenvalue weighted by Crippen LogP contribution is 2.32. The van der Waals surface area contributed by atoms with Crippen LogP contribution in [0.5, 0.6) is 11.5 Å². The second-order valence-corrected chi connectivity index (χ2v) is 13.4. The number of halogens is 1. The van der Waals surface area contributed by atoms with Gasteiger partial charge in [0, 0.05) is 51.0 Å². The van der Waals surface area contributed by atoms with Crippen molar-refractivity contribution in [3.63, 3.8) is 0 Å². The molecule has 1 aromatic heterocycles. The normalized spacial score (nSPS) is 14.5. The van der Waals surface area contributed by atoms with Crippen molar-refractivity contribution in [2.75, 3.05) is 34.0 Å². The molecule has 44 heavy (non-hydrogen) atoms. The molecule has 1 heterocycles. The lowest BCUT2D eigenvalue weighted by Gasteiger charge is -2.31. The predicted molar refractivity (Wildman–Crippen MR) is 181 cm³/mol. The van der Waals surface area contributed by atoms with Crippen molar-refractivity contribution in [2.45, 2.75) is 85.8 Å². The SMILES string of the molecule is COCCCOc1cc(C[C@@H](C[C@H](N)[C@@H](O)C[C@H](C(=O)NCC(C)(C)Cc2ccncc2)C(C)C)C(C)C)ccc1OC.Cl. The Morgan fingerprint density at radius 3 is 2.25 bits per heavy atom. The molecule has 0 fully saturated rings. The zero-order valence-corrected chi connectivity index (χ0v) is 29.0. The molecule has 2 rings (SSSR count). The minimum Gasteiger partial charge on any atom is -0.493 e. The van der Waals surface area contributed by atoms with Crippen LogP contribution in [0.4, 0.5) is 0 Å². The van der Waals surface area contributed by atoms with Crippen LogP contribution in [-0.2, 0) is 22.4 Å². The number of ether oxygens (including phenoxy) is 3. The molecule has 0 aliphatic carbocycles. The number of hydrogen-bond donors (Lipinski definition) is 3. The highest BCUT2D eigenvalue weighted by atomic mass is 35.5. The van der Waals surface area contributed by atoms with Gasteiger partial charge in [0.15, 0.2) is 11.5 Å². The Morgan fingerprint density at radius 2 is 1.66 bits per heavy atom. The van der Waals surface area contributed by atoms with Gasteiger partial charge in [-0.3, -0.25) is 9.78 Å². The first kappa shape index (κ1) is 39.6. The quantitative estimate of drug-likeness (QED) is 0.156. The third kappa shape index (κ3) is 13.7. The molecule has 0 aliphatic rings. The molecule has 1 aromatic carbocycles. The fourth-order valence-corrected chi connectivity index (χ4v) is 5.44. The molecule has 8 nitrogen and oxygen atoms in total. The van der Waals surface area contributed by atoms with Gasteiger partial charge in [-0.15, -0.1) is 12.4 Å². The van der Waals surface area contributed by atoms with Crippen LogP contribution in [0.2, 0.25) is 0 Å². The van der Waals surface area contributed by atoms with E-state index in [2.05, 4.69) is 44.1 Å². The standard InChI is InChI=1S/C35H57N3O5.ClH/c1-24(2)28(18-27-10-11-32(42-8)33(19-27)43-17-9-16-41-7)20-30(36)31(39)21-29(25(3)4)34(40)38-23-35(5,6)22-26-12-14-37-15-13-26;/h10-15,19,24-25,28-31,39H,9,16-18,20-23,36H2,1-8H3,(H,38,40);1H/t28-,29-,30-,31-;/m0./s1. The zero-order chi connectivity index (χ0) is 32.0. The summed E-state index contributed by atoms with van der Waals surface area (Å²) in [6, 6.07) is 9.62. The van der Waals surface area contributed by atoms with E-state index in [1.807, 2.05) is 38.1 Å². The van der Waals surface area contributed by atoms with Gasteiger partial charge in [0.05, 0.1) is 19.8 Å². The Kier molecular flexibility index (Phi) is 17.9. The maximum absolute atomic E-state index is 13.3. The predicted octanol–water partition coefficient (Wildman–Crippen LogP) is 5.87. The molecule has 0 aliphatic heterocycles. The lowest BCUT2D eigenvalue weighted by molar-refractivity contribution is -0.128. The van der Waals surface area contributed by atoms with E-state index in [4.69, 9.17) is 19.9 Å².